The van der Waals surface area contributed by atoms with Crippen LogP contribution >= 0.6 is 0 Å². The van der Waals surface area contributed by atoms with Gasteiger partial charge in [0.05, 0.1) is 11.8 Å². The standard InChI is InChI=1S/C9H17NO3S/c1-3-4-5-9(11)8(10)6-7-14(2,12)13/h3,8H,1,4-7,10H2,2H3. The largest absolute Gasteiger partial charge is 0.321 e. The van der Waals surface area contributed by atoms with Crippen molar-refractivity contribution in [2.24, 2.45) is 5.73 Å². The first-order chi connectivity index (χ1) is 6.37. The number of hydrogen-bond acceptors (Lipinski definition) is 4. The maximum absolute atomic E-state index is 11.3. The molecule has 0 heterocycles. The van der Waals surface area contributed by atoms with Crippen molar-refractivity contribution in [1.82, 2.24) is 0 Å². The summed E-state index contributed by atoms with van der Waals surface area (Å²) in [7, 11) is -3.03. The van der Waals surface area contributed by atoms with Crippen molar-refractivity contribution in [3.63, 3.8) is 0 Å². The average molecular weight is 219 g/mol. The molecule has 0 radical (unpaired) electrons. The Balaban J connectivity index is 3.90. The fraction of sp³-hybridized carbons (Fsp3) is 0.667. The van der Waals surface area contributed by atoms with Gasteiger partial charge in [-0.1, -0.05) is 6.08 Å². The lowest BCUT2D eigenvalue weighted by atomic mass is 10.1. The van der Waals surface area contributed by atoms with Crippen molar-refractivity contribution in [1.29, 1.82) is 0 Å². The third-order valence-electron chi connectivity index (χ3n) is 1.81. The highest BCUT2D eigenvalue weighted by Gasteiger charge is 2.14. The van der Waals surface area contributed by atoms with Crippen LogP contribution < -0.4 is 5.73 Å². The second-order valence-electron chi connectivity index (χ2n) is 3.32. The lowest BCUT2D eigenvalue weighted by Crippen LogP contribution is -2.32. The predicted molar refractivity (Wildman–Crippen MR) is 56.7 cm³/mol. The van der Waals surface area contributed by atoms with Gasteiger partial charge in [0.15, 0.2) is 0 Å². The Morgan fingerprint density at radius 1 is 1.57 bits per heavy atom. The second kappa shape index (κ2) is 5.93. The first-order valence-electron chi connectivity index (χ1n) is 4.43. The summed E-state index contributed by atoms with van der Waals surface area (Å²) >= 11 is 0. The third kappa shape index (κ3) is 6.80. The summed E-state index contributed by atoms with van der Waals surface area (Å²) in [5.74, 6) is -0.137. The molecule has 0 fully saturated rings. The fourth-order valence-electron chi connectivity index (χ4n) is 0.932. The number of hydrogen-bond donors (Lipinski definition) is 1. The number of nitrogens with two attached hydrogens (primary N) is 1. The smallest absolute Gasteiger partial charge is 0.149 e. The molecule has 5 heteroatoms. The van der Waals surface area contributed by atoms with Crippen LogP contribution in [0.4, 0.5) is 0 Å². The summed E-state index contributed by atoms with van der Waals surface area (Å²) in [6.45, 7) is 3.49. The molecule has 0 saturated carbocycles. The van der Waals surface area contributed by atoms with Gasteiger partial charge >= 0.3 is 0 Å². The highest BCUT2D eigenvalue weighted by Crippen LogP contribution is 2.00. The Labute approximate surface area is 85.1 Å². The van der Waals surface area contributed by atoms with Gasteiger partial charge in [-0.2, -0.15) is 0 Å². The van der Waals surface area contributed by atoms with E-state index in [2.05, 4.69) is 6.58 Å². The Bertz CT molecular complexity index is 295. The van der Waals surface area contributed by atoms with E-state index in [4.69, 9.17) is 5.73 Å². The van der Waals surface area contributed by atoms with Crippen molar-refractivity contribution in [3.8, 4) is 0 Å². The van der Waals surface area contributed by atoms with E-state index in [0.29, 0.717) is 12.8 Å². The molecular weight excluding hydrogens is 202 g/mol. The van der Waals surface area contributed by atoms with Gasteiger partial charge in [-0.15, -0.1) is 6.58 Å². The molecule has 0 amide bonds. The lowest BCUT2D eigenvalue weighted by Gasteiger charge is -2.08. The van der Waals surface area contributed by atoms with Gasteiger partial charge in [-0.25, -0.2) is 8.42 Å². The van der Waals surface area contributed by atoms with Crippen LogP contribution in [0.2, 0.25) is 0 Å². The van der Waals surface area contributed by atoms with Crippen LogP contribution in [0.5, 0.6) is 0 Å². The molecule has 1 unspecified atom stereocenters. The molecule has 1 atom stereocenters. The molecule has 0 aromatic heterocycles. The molecule has 82 valence electrons. The summed E-state index contributed by atoms with van der Waals surface area (Å²) in [5.41, 5.74) is 5.52. The van der Waals surface area contributed by atoms with Crippen LogP contribution in [-0.4, -0.2) is 32.3 Å². The van der Waals surface area contributed by atoms with Crippen molar-refractivity contribution >= 4 is 15.6 Å². The Hall–Kier alpha value is -0.680. The van der Waals surface area contributed by atoms with Crippen molar-refractivity contribution in [2.75, 3.05) is 12.0 Å². The summed E-state index contributed by atoms with van der Waals surface area (Å²) in [6, 6.07) is -0.662. The van der Waals surface area contributed by atoms with Crippen LogP contribution in [0.3, 0.4) is 0 Å². The van der Waals surface area contributed by atoms with E-state index in [1.54, 1.807) is 6.08 Å². The third-order valence-corrected chi connectivity index (χ3v) is 2.79. The maximum Gasteiger partial charge on any atom is 0.149 e. The minimum atomic E-state index is -3.03. The molecule has 2 N–H and O–H groups in total. The lowest BCUT2D eigenvalue weighted by molar-refractivity contribution is -0.120. The Morgan fingerprint density at radius 3 is 2.57 bits per heavy atom. The van der Waals surface area contributed by atoms with E-state index >= 15 is 0 Å². The molecule has 0 rings (SSSR count). The SMILES string of the molecule is C=CCCC(=O)C(N)CCS(C)(=O)=O. The zero-order chi connectivity index (χ0) is 11.2. The van der Waals surface area contributed by atoms with Crippen molar-refractivity contribution in [3.05, 3.63) is 12.7 Å². The van der Waals surface area contributed by atoms with Gasteiger partial charge in [0.25, 0.3) is 0 Å². The Morgan fingerprint density at radius 2 is 2.14 bits per heavy atom. The molecule has 0 saturated heterocycles. The number of carbonyl (C=O) groups is 1. The summed E-state index contributed by atoms with van der Waals surface area (Å²) in [6.07, 6.45) is 3.91. The first kappa shape index (κ1) is 13.3. The van der Waals surface area contributed by atoms with Crippen molar-refractivity contribution in [2.45, 2.75) is 25.3 Å². The number of carbonyl (C=O) groups excluding carboxylic acids is 1. The molecule has 0 bridgehead atoms. The zero-order valence-corrected chi connectivity index (χ0v) is 9.22. The van der Waals surface area contributed by atoms with Crippen LogP contribution in [0, 0.1) is 0 Å². The normalized spacial score (nSPS) is 13.6. The number of allylic oxidation sites excluding steroid dienone is 1. The van der Waals surface area contributed by atoms with Gasteiger partial charge < -0.3 is 5.73 Å². The van der Waals surface area contributed by atoms with E-state index in [1.165, 1.54) is 0 Å². The monoisotopic (exact) mass is 219 g/mol. The minimum Gasteiger partial charge on any atom is -0.321 e. The molecule has 0 spiro atoms. The number of ketones is 1. The molecule has 0 aromatic rings. The van der Waals surface area contributed by atoms with Gasteiger partial charge in [-0.3, -0.25) is 4.79 Å². The van der Waals surface area contributed by atoms with E-state index in [9.17, 15) is 13.2 Å². The van der Waals surface area contributed by atoms with Gasteiger partial charge in [0.1, 0.15) is 15.6 Å². The quantitative estimate of drug-likeness (QED) is 0.624. The molecule has 0 aliphatic carbocycles. The first-order valence-corrected chi connectivity index (χ1v) is 6.50. The number of Topliss-reactive ketones (excluding diaryl/α,β-unsaturated/α-hetero) is 1. The molecule has 4 nitrogen and oxygen atoms in total. The molecule has 0 aliphatic rings. The predicted octanol–water partition coefficient (Wildman–Crippen LogP) is 0.284. The average Bonchev–Trinajstić information content (AvgIpc) is 2.09. The zero-order valence-electron chi connectivity index (χ0n) is 8.40. The number of rotatable bonds is 7. The summed E-state index contributed by atoms with van der Waals surface area (Å²) in [5, 5.41) is 0. The van der Waals surface area contributed by atoms with Gasteiger partial charge in [0.2, 0.25) is 0 Å². The number of sulfone groups is 1. The molecule has 0 aromatic carbocycles. The van der Waals surface area contributed by atoms with E-state index in [1.807, 2.05) is 0 Å². The molecule has 14 heavy (non-hydrogen) atoms. The van der Waals surface area contributed by atoms with Crippen LogP contribution in [-0.2, 0) is 14.6 Å². The van der Waals surface area contributed by atoms with Crippen LogP contribution in [0.1, 0.15) is 19.3 Å². The summed E-state index contributed by atoms with van der Waals surface area (Å²) < 4.78 is 21.6. The van der Waals surface area contributed by atoms with E-state index in [-0.39, 0.29) is 18.0 Å². The molecule has 0 aliphatic heterocycles. The highest BCUT2D eigenvalue weighted by atomic mass is 32.2. The summed E-state index contributed by atoms with van der Waals surface area (Å²) in [4.78, 5) is 11.3. The highest BCUT2D eigenvalue weighted by molar-refractivity contribution is 7.90. The van der Waals surface area contributed by atoms with Crippen molar-refractivity contribution < 1.29 is 13.2 Å². The fourth-order valence-corrected chi connectivity index (χ4v) is 1.61. The van der Waals surface area contributed by atoms with Crippen LogP contribution in [0.15, 0.2) is 12.7 Å². The second-order valence-corrected chi connectivity index (χ2v) is 5.58. The van der Waals surface area contributed by atoms with Crippen LogP contribution in [0.25, 0.3) is 0 Å². The Kier molecular flexibility index (Phi) is 5.64. The van der Waals surface area contributed by atoms with E-state index < -0.39 is 15.9 Å². The van der Waals surface area contributed by atoms with Gasteiger partial charge in [-0.05, 0) is 12.8 Å². The molecular formula is C9H17NO3S. The van der Waals surface area contributed by atoms with Gasteiger partial charge in [0, 0.05) is 12.7 Å². The van der Waals surface area contributed by atoms with E-state index in [0.717, 1.165) is 6.26 Å². The topological polar surface area (TPSA) is 77.2 Å². The minimum absolute atomic E-state index is 0.0337. The maximum atomic E-state index is 11.3.